The Morgan fingerprint density at radius 1 is 1.36 bits per heavy atom. The second kappa shape index (κ2) is 3.72. The van der Waals surface area contributed by atoms with Crippen LogP contribution in [0.15, 0.2) is 24.3 Å². The number of fused-ring (bicyclic) bond motifs is 1. The summed E-state index contributed by atoms with van der Waals surface area (Å²) >= 11 is 0. The van der Waals surface area contributed by atoms with E-state index in [0.29, 0.717) is 11.2 Å². The van der Waals surface area contributed by atoms with Gasteiger partial charge in [-0.2, -0.15) is 0 Å². The number of allylic oxidation sites excluding steroid dienone is 3. The van der Waals surface area contributed by atoms with Crippen molar-refractivity contribution < 1.29 is 4.79 Å². The van der Waals surface area contributed by atoms with E-state index in [1.165, 1.54) is 24.8 Å². The van der Waals surface area contributed by atoms with Crippen LogP contribution < -0.4 is 0 Å². The zero-order valence-electron chi connectivity index (χ0n) is 8.72. The first-order chi connectivity index (χ1) is 6.77. The van der Waals surface area contributed by atoms with Crippen LogP contribution in [0.25, 0.3) is 0 Å². The molecule has 0 aliphatic heterocycles. The third-order valence-electron chi connectivity index (χ3n) is 3.75. The van der Waals surface area contributed by atoms with Crippen LogP contribution in [0.2, 0.25) is 0 Å². The highest BCUT2D eigenvalue weighted by Crippen LogP contribution is 2.49. The Kier molecular flexibility index (Phi) is 2.58. The molecule has 2 rings (SSSR count). The summed E-state index contributed by atoms with van der Waals surface area (Å²) < 4.78 is 0. The Balaban J connectivity index is 2.29. The molecule has 2 aliphatic carbocycles. The van der Waals surface area contributed by atoms with Gasteiger partial charge in [-0.25, -0.2) is 0 Å². The van der Waals surface area contributed by atoms with Gasteiger partial charge < -0.3 is 0 Å². The van der Waals surface area contributed by atoms with Crippen LogP contribution in [0, 0.1) is 5.41 Å². The van der Waals surface area contributed by atoms with E-state index in [4.69, 9.17) is 0 Å². The molecule has 0 spiro atoms. The van der Waals surface area contributed by atoms with Crippen molar-refractivity contribution >= 4 is 5.78 Å². The molecule has 0 amide bonds. The van der Waals surface area contributed by atoms with Gasteiger partial charge in [0.2, 0.25) is 0 Å². The molecule has 14 heavy (non-hydrogen) atoms. The Morgan fingerprint density at radius 3 is 3.00 bits per heavy atom. The van der Waals surface area contributed by atoms with E-state index in [9.17, 15) is 4.79 Å². The lowest BCUT2D eigenvalue weighted by atomic mass is 9.63. The van der Waals surface area contributed by atoms with Gasteiger partial charge in [0.25, 0.3) is 0 Å². The first-order valence-electron chi connectivity index (χ1n) is 5.62. The maximum atomic E-state index is 11.4. The van der Waals surface area contributed by atoms with E-state index >= 15 is 0 Å². The summed E-state index contributed by atoms with van der Waals surface area (Å²) in [5.41, 5.74) is 1.74. The largest absolute Gasteiger partial charge is 0.295 e. The number of ketones is 1. The summed E-state index contributed by atoms with van der Waals surface area (Å²) in [6.07, 6.45) is 11.8. The molecule has 0 bridgehead atoms. The molecule has 0 heterocycles. The number of carbonyl (C=O) groups excluding carboxylic acids is 1. The molecule has 0 aromatic heterocycles. The van der Waals surface area contributed by atoms with Crippen LogP contribution in [0.3, 0.4) is 0 Å². The standard InChI is InChI=1S/C13H18O/c1-2-7-13-8-4-3-5-11(13)10-12(14)6-9-13/h2,10H,1,3-9H2. The Labute approximate surface area is 85.9 Å². The summed E-state index contributed by atoms with van der Waals surface area (Å²) in [5, 5.41) is 0. The highest BCUT2D eigenvalue weighted by atomic mass is 16.1. The average molecular weight is 190 g/mol. The topological polar surface area (TPSA) is 17.1 Å². The summed E-state index contributed by atoms with van der Waals surface area (Å²) in [4.78, 5) is 11.4. The summed E-state index contributed by atoms with van der Waals surface area (Å²) in [6, 6.07) is 0. The monoisotopic (exact) mass is 190 g/mol. The molecule has 2 aliphatic rings. The van der Waals surface area contributed by atoms with Gasteiger partial charge in [0.05, 0.1) is 0 Å². The van der Waals surface area contributed by atoms with Crippen LogP contribution in [-0.2, 0) is 4.79 Å². The fraction of sp³-hybridized carbons (Fsp3) is 0.615. The molecule has 0 N–H and O–H groups in total. The molecule has 1 saturated carbocycles. The van der Waals surface area contributed by atoms with Crippen molar-refractivity contribution in [2.75, 3.05) is 0 Å². The summed E-state index contributed by atoms with van der Waals surface area (Å²) in [7, 11) is 0. The molecular weight excluding hydrogens is 172 g/mol. The third-order valence-corrected chi connectivity index (χ3v) is 3.75. The summed E-state index contributed by atoms with van der Waals surface area (Å²) in [5.74, 6) is 0.335. The predicted octanol–water partition coefficient (Wildman–Crippen LogP) is 3.41. The van der Waals surface area contributed by atoms with Gasteiger partial charge in [-0.3, -0.25) is 4.79 Å². The molecule has 0 aromatic rings. The molecule has 1 fully saturated rings. The van der Waals surface area contributed by atoms with Gasteiger partial charge in [0.1, 0.15) is 0 Å². The lowest BCUT2D eigenvalue weighted by Crippen LogP contribution is -2.30. The average Bonchev–Trinajstić information content (AvgIpc) is 2.19. The molecule has 76 valence electrons. The van der Waals surface area contributed by atoms with E-state index in [1.54, 1.807) is 0 Å². The molecule has 1 nitrogen and oxygen atoms in total. The minimum absolute atomic E-state index is 0.327. The van der Waals surface area contributed by atoms with Crippen molar-refractivity contribution in [3.63, 3.8) is 0 Å². The zero-order valence-corrected chi connectivity index (χ0v) is 8.72. The predicted molar refractivity (Wildman–Crippen MR) is 58.0 cm³/mol. The minimum Gasteiger partial charge on any atom is -0.295 e. The van der Waals surface area contributed by atoms with Crippen LogP contribution >= 0.6 is 0 Å². The summed E-state index contributed by atoms with van der Waals surface area (Å²) in [6.45, 7) is 3.85. The minimum atomic E-state index is 0.327. The lowest BCUT2D eigenvalue weighted by molar-refractivity contribution is -0.116. The normalized spacial score (nSPS) is 32.0. The molecular formula is C13H18O. The van der Waals surface area contributed by atoms with Crippen molar-refractivity contribution in [3.8, 4) is 0 Å². The van der Waals surface area contributed by atoms with Crippen molar-refractivity contribution in [3.05, 3.63) is 24.3 Å². The fourth-order valence-electron chi connectivity index (χ4n) is 2.96. The van der Waals surface area contributed by atoms with Gasteiger partial charge in [0.15, 0.2) is 5.78 Å². The van der Waals surface area contributed by atoms with E-state index in [2.05, 4.69) is 6.58 Å². The molecule has 0 saturated heterocycles. The van der Waals surface area contributed by atoms with Gasteiger partial charge in [-0.1, -0.05) is 18.1 Å². The third kappa shape index (κ3) is 1.56. The van der Waals surface area contributed by atoms with Crippen LogP contribution in [0.5, 0.6) is 0 Å². The molecule has 1 heteroatoms. The van der Waals surface area contributed by atoms with Gasteiger partial charge in [-0.05, 0) is 43.6 Å². The second-order valence-electron chi connectivity index (χ2n) is 4.62. The first kappa shape index (κ1) is 9.70. The zero-order chi connectivity index (χ0) is 10.0. The van der Waals surface area contributed by atoms with Crippen molar-refractivity contribution in [2.24, 2.45) is 5.41 Å². The highest BCUT2D eigenvalue weighted by Gasteiger charge is 2.37. The number of hydrogen-bond donors (Lipinski definition) is 0. The molecule has 1 unspecified atom stereocenters. The Bertz CT molecular complexity index is 288. The van der Waals surface area contributed by atoms with Gasteiger partial charge in [0, 0.05) is 6.42 Å². The van der Waals surface area contributed by atoms with E-state index in [0.717, 1.165) is 25.7 Å². The second-order valence-corrected chi connectivity index (χ2v) is 4.62. The Hall–Kier alpha value is -0.850. The maximum Gasteiger partial charge on any atom is 0.155 e. The van der Waals surface area contributed by atoms with E-state index in [1.807, 2.05) is 12.2 Å². The molecule has 0 radical (unpaired) electrons. The van der Waals surface area contributed by atoms with Crippen LogP contribution in [0.1, 0.15) is 44.9 Å². The Morgan fingerprint density at radius 2 is 2.21 bits per heavy atom. The molecule has 0 aromatic carbocycles. The lowest BCUT2D eigenvalue weighted by Gasteiger charge is -2.41. The number of carbonyl (C=O) groups is 1. The van der Waals surface area contributed by atoms with Crippen molar-refractivity contribution in [2.45, 2.75) is 44.9 Å². The van der Waals surface area contributed by atoms with Gasteiger partial charge in [-0.15, -0.1) is 6.58 Å². The smallest absolute Gasteiger partial charge is 0.155 e. The fourth-order valence-corrected chi connectivity index (χ4v) is 2.96. The first-order valence-corrected chi connectivity index (χ1v) is 5.62. The van der Waals surface area contributed by atoms with Crippen LogP contribution in [-0.4, -0.2) is 5.78 Å². The maximum absolute atomic E-state index is 11.4. The highest BCUT2D eigenvalue weighted by molar-refractivity contribution is 5.91. The quantitative estimate of drug-likeness (QED) is 0.610. The molecule has 1 atom stereocenters. The van der Waals surface area contributed by atoms with Crippen LogP contribution in [0.4, 0.5) is 0 Å². The van der Waals surface area contributed by atoms with Crippen molar-refractivity contribution in [1.82, 2.24) is 0 Å². The SMILES string of the molecule is C=CCC12CCCCC1=CC(=O)CC2. The van der Waals surface area contributed by atoms with Crippen molar-refractivity contribution in [1.29, 1.82) is 0 Å². The number of hydrogen-bond acceptors (Lipinski definition) is 1. The number of rotatable bonds is 2. The van der Waals surface area contributed by atoms with E-state index in [-0.39, 0.29) is 0 Å². The van der Waals surface area contributed by atoms with Gasteiger partial charge >= 0.3 is 0 Å². The van der Waals surface area contributed by atoms with E-state index < -0.39 is 0 Å².